The van der Waals surface area contributed by atoms with Crippen molar-refractivity contribution in [1.82, 2.24) is 15.1 Å². The SMILES string of the molecule is CNC(=O)CC1CCN(C(=O)[C@H]2CCCN2C)CC1. The van der Waals surface area contributed by atoms with E-state index < -0.39 is 0 Å². The summed E-state index contributed by atoms with van der Waals surface area (Å²) in [5.74, 6) is 0.837. The van der Waals surface area contributed by atoms with Gasteiger partial charge in [-0.1, -0.05) is 0 Å². The van der Waals surface area contributed by atoms with Crippen LogP contribution in [-0.2, 0) is 9.59 Å². The topological polar surface area (TPSA) is 52.7 Å². The van der Waals surface area contributed by atoms with Gasteiger partial charge >= 0.3 is 0 Å². The average Bonchev–Trinajstić information content (AvgIpc) is 2.85. The lowest BCUT2D eigenvalue weighted by molar-refractivity contribution is -0.137. The molecule has 5 nitrogen and oxygen atoms in total. The van der Waals surface area contributed by atoms with Crippen molar-refractivity contribution < 1.29 is 9.59 Å². The van der Waals surface area contributed by atoms with Crippen molar-refractivity contribution in [3.8, 4) is 0 Å². The summed E-state index contributed by atoms with van der Waals surface area (Å²) in [4.78, 5) is 27.9. The van der Waals surface area contributed by atoms with Crippen molar-refractivity contribution in [1.29, 1.82) is 0 Å². The van der Waals surface area contributed by atoms with Crippen LogP contribution in [0.5, 0.6) is 0 Å². The van der Waals surface area contributed by atoms with Crippen molar-refractivity contribution >= 4 is 11.8 Å². The molecule has 2 amide bonds. The van der Waals surface area contributed by atoms with Gasteiger partial charge in [-0.25, -0.2) is 0 Å². The molecule has 1 N–H and O–H groups in total. The maximum absolute atomic E-state index is 12.4. The van der Waals surface area contributed by atoms with Crippen LogP contribution < -0.4 is 5.32 Å². The van der Waals surface area contributed by atoms with Gasteiger partial charge in [-0.05, 0) is 45.2 Å². The van der Waals surface area contributed by atoms with E-state index in [-0.39, 0.29) is 11.9 Å². The zero-order chi connectivity index (χ0) is 13.8. The number of rotatable bonds is 3. The second-order valence-electron chi connectivity index (χ2n) is 5.78. The van der Waals surface area contributed by atoms with E-state index in [4.69, 9.17) is 0 Å². The Bertz CT molecular complexity index is 338. The maximum atomic E-state index is 12.4. The van der Waals surface area contributed by atoms with Crippen molar-refractivity contribution in [2.24, 2.45) is 5.92 Å². The van der Waals surface area contributed by atoms with E-state index >= 15 is 0 Å². The Morgan fingerprint density at radius 2 is 1.84 bits per heavy atom. The number of carbonyl (C=O) groups is 2. The van der Waals surface area contributed by atoms with Gasteiger partial charge in [0, 0.05) is 26.6 Å². The van der Waals surface area contributed by atoms with Gasteiger partial charge in [0.15, 0.2) is 0 Å². The van der Waals surface area contributed by atoms with Crippen LogP contribution in [0.3, 0.4) is 0 Å². The highest BCUT2D eigenvalue weighted by Gasteiger charge is 2.33. The average molecular weight is 267 g/mol. The number of hydrogen-bond donors (Lipinski definition) is 1. The van der Waals surface area contributed by atoms with E-state index in [9.17, 15) is 9.59 Å². The predicted molar refractivity (Wildman–Crippen MR) is 73.6 cm³/mol. The summed E-state index contributed by atoms with van der Waals surface area (Å²) in [6.07, 6.45) is 4.63. The third-order valence-electron chi connectivity index (χ3n) is 4.48. The fourth-order valence-corrected chi connectivity index (χ4v) is 3.15. The number of amides is 2. The molecule has 0 aliphatic carbocycles. The first-order chi connectivity index (χ1) is 9.11. The number of carbonyl (C=O) groups excluding carboxylic acids is 2. The van der Waals surface area contributed by atoms with E-state index in [0.717, 1.165) is 45.3 Å². The summed E-state index contributed by atoms with van der Waals surface area (Å²) >= 11 is 0. The Labute approximate surface area is 115 Å². The van der Waals surface area contributed by atoms with Gasteiger partial charge in [0.1, 0.15) is 0 Å². The number of nitrogens with one attached hydrogen (secondary N) is 1. The Balaban J connectivity index is 1.79. The lowest BCUT2D eigenvalue weighted by Crippen LogP contribution is -2.47. The highest BCUT2D eigenvalue weighted by Crippen LogP contribution is 2.23. The van der Waals surface area contributed by atoms with Gasteiger partial charge in [-0.2, -0.15) is 0 Å². The third-order valence-corrected chi connectivity index (χ3v) is 4.48. The summed E-state index contributed by atoms with van der Waals surface area (Å²) in [5.41, 5.74) is 0. The van der Waals surface area contributed by atoms with Crippen LogP contribution in [0.1, 0.15) is 32.1 Å². The molecule has 2 rings (SSSR count). The molecule has 2 aliphatic rings. The lowest BCUT2D eigenvalue weighted by atomic mass is 9.93. The van der Waals surface area contributed by atoms with E-state index in [1.165, 1.54) is 0 Å². The maximum Gasteiger partial charge on any atom is 0.239 e. The van der Waals surface area contributed by atoms with Crippen molar-refractivity contribution in [3.05, 3.63) is 0 Å². The van der Waals surface area contributed by atoms with Crippen LogP contribution in [0, 0.1) is 5.92 Å². The van der Waals surface area contributed by atoms with Crippen LogP contribution in [0.15, 0.2) is 0 Å². The van der Waals surface area contributed by atoms with Crippen LogP contribution in [0.4, 0.5) is 0 Å². The molecular weight excluding hydrogens is 242 g/mol. The standard InChI is InChI=1S/C14H25N3O2/c1-15-13(18)10-11-5-8-17(9-6-11)14(19)12-4-3-7-16(12)2/h11-12H,3-10H2,1-2H3,(H,15,18)/t12-/m1/s1. The molecule has 5 heteroatoms. The molecule has 0 aromatic rings. The molecule has 0 bridgehead atoms. The molecule has 1 atom stereocenters. The molecule has 19 heavy (non-hydrogen) atoms. The summed E-state index contributed by atoms with van der Waals surface area (Å²) < 4.78 is 0. The normalized spacial score (nSPS) is 25.6. The van der Waals surface area contributed by atoms with Crippen LogP contribution in [0.2, 0.25) is 0 Å². The van der Waals surface area contributed by atoms with E-state index in [2.05, 4.69) is 10.2 Å². The second-order valence-corrected chi connectivity index (χ2v) is 5.78. The predicted octanol–water partition coefficient (Wildman–Crippen LogP) is 0.455. The zero-order valence-corrected chi connectivity index (χ0v) is 12.0. The summed E-state index contributed by atoms with van der Waals surface area (Å²) in [6, 6.07) is 0.0930. The molecule has 0 spiro atoms. The minimum atomic E-state index is 0.0930. The molecule has 2 fully saturated rings. The molecule has 0 aromatic carbocycles. The monoisotopic (exact) mass is 267 g/mol. The quantitative estimate of drug-likeness (QED) is 0.808. The van der Waals surface area contributed by atoms with Crippen LogP contribution >= 0.6 is 0 Å². The zero-order valence-electron chi connectivity index (χ0n) is 12.0. The molecule has 0 saturated carbocycles. The lowest BCUT2D eigenvalue weighted by Gasteiger charge is -2.34. The van der Waals surface area contributed by atoms with E-state index in [1.807, 2.05) is 11.9 Å². The van der Waals surface area contributed by atoms with Crippen LogP contribution in [-0.4, -0.2) is 61.4 Å². The first-order valence-electron chi connectivity index (χ1n) is 7.31. The van der Waals surface area contributed by atoms with E-state index in [0.29, 0.717) is 18.2 Å². The number of hydrogen-bond acceptors (Lipinski definition) is 3. The summed E-state index contributed by atoms with van der Waals surface area (Å²) in [5, 5.41) is 2.67. The molecule has 0 radical (unpaired) electrons. The van der Waals surface area contributed by atoms with Gasteiger partial charge in [0.05, 0.1) is 6.04 Å². The van der Waals surface area contributed by atoms with Gasteiger partial charge < -0.3 is 10.2 Å². The van der Waals surface area contributed by atoms with Crippen molar-refractivity contribution in [2.75, 3.05) is 33.7 Å². The van der Waals surface area contributed by atoms with Gasteiger partial charge in [0.2, 0.25) is 11.8 Å². The Kier molecular flexibility index (Phi) is 4.80. The van der Waals surface area contributed by atoms with Gasteiger partial charge in [-0.15, -0.1) is 0 Å². The largest absolute Gasteiger partial charge is 0.359 e. The summed E-state index contributed by atoms with van der Waals surface area (Å²) in [7, 11) is 3.71. The molecule has 2 heterocycles. The molecule has 2 saturated heterocycles. The Hall–Kier alpha value is -1.10. The van der Waals surface area contributed by atoms with Crippen molar-refractivity contribution in [3.63, 3.8) is 0 Å². The molecule has 0 unspecified atom stereocenters. The fraction of sp³-hybridized carbons (Fsp3) is 0.857. The minimum absolute atomic E-state index is 0.0930. The second kappa shape index (κ2) is 6.37. The van der Waals surface area contributed by atoms with Crippen molar-refractivity contribution in [2.45, 2.75) is 38.1 Å². The van der Waals surface area contributed by atoms with Gasteiger partial charge in [-0.3, -0.25) is 14.5 Å². The highest BCUT2D eigenvalue weighted by molar-refractivity contribution is 5.82. The molecule has 2 aliphatic heterocycles. The third kappa shape index (κ3) is 3.47. The molecule has 0 aromatic heterocycles. The highest BCUT2D eigenvalue weighted by atomic mass is 16.2. The minimum Gasteiger partial charge on any atom is -0.359 e. The first-order valence-corrected chi connectivity index (χ1v) is 7.31. The summed E-state index contributed by atoms with van der Waals surface area (Å²) in [6.45, 7) is 2.65. The Morgan fingerprint density at radius 1 is 1.16 bits per heavy atom. The first kappa shape index (κ1) is 14.3. The van der Waals surface area contributed by atoms with E-state index in [1.54, 1.807) is 7.05 Å². The number of nitrogens with zero attached hydrogens (tertiary/aromatic N) is 2. The van der Waals surface area contributed by atoms with Crippen LogP contribution in [0.25, 0.3) is 0 Å². The number of likely N-dealkylation sites (tertiary alicyclic amines) is 2. The number of piperidine rings is 1. The van der Waals surface area contributed by atoms with Gasteiger partial charge in [0.25, 0.3) is 0 Å². The Morgan fingerprint density at radius 3 is 2.37 bits per heavy atom. The molecule has 108 valence electrons. The smallest absolute Gasteiger partial charge is 0.239 e. The fourth-order valence-electron chi connectivity index (χ4n) is 3.15. The molecular formula is C14H25N3O2. The number of likely N-dealkylation sites (N-methyl/N-ethyl adjacent to an activating group) is 1.